The zero-order chi connectivity index (χ0) is 17.3. The number of para-hydroxylation sites is 1. The molecule has 0 aliphatic heterocycles. The number of nitrogens with zero attached hydrogens (tertiary/aromatic N) is 2. The number of aromatic nitrogens is 1. The van der Waals surface area contributed by atoms with E-state index in [1.165, 1.54) is 12.1 Å². The SMILES string of the molecule is O=c1[nH]c2ccccc2c([O-])c1N=Nc1ccc(S(=O)(=O)O)cc1.[Na+]. The standard InChI is InChI=1S/C15H11N3O5S.Na/c19-14-11-3-1-2-4-12(11)16-15(20)13(14)18-17-9-5-7-10(8-6-9)24(21,22)23;/h1-8H,(H2,16,19,20)(H,21,22,23);/q;+1/p-1. The molecule has 0 aliphatic carbocycles. The van der Waals surface area contributed by atoms with E-state index in [1.807, 2.05) is 0 Å². The Balaban J connectivity index is 0.00000225. The maximum atomic E-state index is 12.3. The van der Waals surface area contributed by atoms with Crippen LogP contribution in [0.2, 0.25) is 0 Å². The van der Waals surface area contributed by atoms with Crippen LogP contribution in [-0.4, -0.2) is 18.0 Å². The van der Waals surface area contributed by atoms with Gasteiger partial charge in [-0.3, -0.25) is 9.35 Å². The summed E-state index contributed by atoms with van der Waals surface area (Å²) in [7, 11) is -4.30. The number of hydrogen-bond donors (Lipinski definition) is 2. The third-order valence-electron chi connectivity index (χ3n) is 3.25. The van der Waals surface area contributed by atoms with Gasteiger partial charge in [0.2, 0.25) is 0 Å². The third kappa shape index (κ3) is 4.14. The monoisotopic (exact) mass is 367 g/mol. The quantitative estimate of drug-likeness (QED) is 0.357. The molecule has 3 aromatic rings. The van der Waals surface area contributed by atoms with Gasteiger partial charge >= 0.3 is 29.6 Å². The van der Waals surface area contributed by atoms with Gasteiger partial charge in [0.1, 0.15) is 5.69 Å². The molecule has 0 saturated carbocycles. The van der Waals surface area contributed by atoms with Crippen molar-refractivity contribution in [2.24, 2.45) is 10.2 Å². The molecule has 0 radical (unpaired) electrons. The van der Waals surface area contributed by atoms with E-state index in [0.717, 1.165) is 12.1 Å². The average Bonchev–Trinajstić information content (AvgIpc) is 2.54. The summed E-state index contributed by atoms with van der Waals surface area (Å²) in [6, 6.07) is 11.4. The van der Waals surface area contributed by atoms with Crippen molar-refractivity contribution in [1.82, 2.24) is 4.98 Å². The second kappa shape index (κ2) is 7.46. The summed E-state index contributed by atoms with van der Waals surface area (Å²) in [5.41, 5.74) is -0.414. The predicted octanol–water partition coefficient (Wildman–Crippen LogP) is -0.732. The van der Waals surface area contributed by atoms with Gasteiger partial charge in [0, 0.05) is 5.52 Å². The number of benzene rings is 2. The van der Waals surface area contributed by atoms with E-state index < -0.39 is 21.4 Å². The molecule has 0 spiro atoms. The molecule has 0 fully saturated rings. The molecule has 2 aromatic carbocycles. The average molecular weight is 367 g/mol. The van der Waals surface area contributed by atoms with Crippen molar-refractivity contribution in [1.29, 1.82) is 0 Å². The van der Waals surface area contributed by atoms with Crippen molar-refractivity contribution in [2.45, 2.75) is 4.90 Å². The van der Waals surface area contributed by atoms with Gasteiger partial charge < -0.3 is 10.1 Å². The number of azo groups is 1. The molecule has 1 aromatic heterocycles. The number of H-pyrrole nitrogens is 1. The molecule has 3 rings (SSSR count). The van der Waals surface area contributed by atoms with Gasteiger partial charge in [0.15, 0.2) is 0 Å². The van der Waals surface area contributed by atoms with Gasteiger partial charge in [-0.1, -0.05) is 23.9 Å². The zero-order valence-electron chi connectivity index (χ0n) is 13.0. The minimum absolute atomic E-state index is 0. The summed E-state index contributed by atoms with van der Waals surface area (Å²) in [6.45, 7) is 0. The summed E-state index contributed by atoms with van der Waals surface area (Å²) in [6.07, 6.45) is 0. The first-order valence-corrected chi connectivity index (χ1v) is 8.11. The largest absolute Gasteiger partial charge is 1.00 e. The van der Waals surface area contributed by atoms with E-state index in [1.54, 1.807) is 24.3 Å². The summed E-state index contributed by atoms with van der Waals surface area (Å²) in [5.74, 6) is -0.548. The Hall–Kier alpha value is -2.04. The minimum Gasteiger partial charge on any atom is -0.870 e. The molecule has 25 heavy (non-hydrogen) atoms. The summed E-state index contributed by atoms with van der Waals surface area (Å²) in [5, 5.41) is 20.0. The van der Waals surface area contributed by atoms with Gasteiger partial charge in [0.05, 0.1) is 10.6 Å². The maximum absolute atomic E-state index is 12.3. The van der Waals surface area contributed by atoms with Crippen LogP contribution >= 0.6 is 0 Å². The molecule has 0 amide bonds. The Labute approximate surface area is 164 Å². The molecule has 2 N–H and O–H groups in total. The smallest absolute Gasteiger partial charge is 0.870 e. The van der Waals surface area contributed by atoms with Gasteiger partial charge in [0.25, 0.3) is 15.7 Å². The van der Waals surface area contributed by atoms with E-state index in [4.69, 9.17) is 4.55 Å². The van der Waals surface area contributed by atoms with Crippen LogP contribution in [0.4, 0.5) is 11.4 Å². The van der Waals surface area contributed by atoms with Crippen molar-refractivity contribution >= 4 is 32.4 Å². The van der Waals surface area contributed by atoms with E-state index >= 15 is 0 Å². The Bertz CT molecular complexity index is 1110. The second-order valence-corrected chi connectivity index (χ2v) is 6.27. The van der Waals surface area contributed by atoms with E-state index in [2.05, 4.69) is 15.2 Å². The minimum atomic E-state index is -4.30. The van der Waals surface area contributed by atoms with Crippen molar-refractivity contribution in [2.75, 3.05) is 0 Å². The fourth-order valence-corrected chi connectivity index (χ4v) is 2.57. The molecule has 0 atom stereocenters. The summed E-state index contributed by atoms with van der Waals surface area (Å²) in [4.78, 5) is 14.2. The van der Waals surface area contributed by atoms with Crippen molar-refractivity contribution < 1.29 is 47.6 Å². The summed E-state index contributed by atoms with van der Waals surface area (Å²) < 4.78 is 30.8. The molecular formula is C15H10N3NaO5S. The first-order valence-electron chi connectivity index (χ1n) is 6.67. The normalized spacial score (nSPS) is 11.6. The van der Waals surface area contributed by atoms with Crippen LogP contribution in [0, 0.1) is 0 Å². The van der Waals surface area contributed by atoms with Gasteiger partial charge in [-0.15, -0.1) is 5.11 Å². The Kier molecular flexibility index (Phi) is 5.76. The molecular weight excluding hydrogens is 357 g/mol. The molecule has 10 heteroatoms. The number of hydrogen-bond acceptors (Lipinski definition) is 6. The number of fused-ring (bicyclic) bond motifs is 1. The molecule has 0 aliphatic rings. The van der Waals surface area contributed by atoms with Crippen LogP contribution in [0.3, 0.4) is 0 Å². The first kappa shape index (κ1) is 19.3. The summed E-state index contributed by atoms with van der Waals surface area (Å²) >= 11 is 0. The molecule has 0 unspecified atom stereocenters. The molecule has 0 saturated heterocycles. The Morgan fingerprint density at radius 3 is 2.28 bits per heavy atom. The van der Waals surface area contributed by atoms with Crippen molar-refractivity contribution in [3.63, 3.8) is 0 Å². The van der Waals surface area contributed by atoms with E-state index in [0.29, 0.717) is 10.9 Å². The van der Waals surface area contributed by atoms with Gasteiger partial charge in [-0.2, -0.15) is 13.5 Å². The molecule has 8 nitrogen and oxygen atoms in total. The first-order chi connectivity index (χ1) is 11.4. The third-order valence-corrected chi connectivity index (χ3v) is 4.12. The number of nitrogens with one attached hydrogen (secondary N) is 1. The number of pyridine rings is 1. The second-order valence-electron chi connectivity index (χ2n) is 4.85. The van der Waals surface area contributed by atoms with Gasteiger partial charge in [-0.05, 0) is 35.7 Å². The molecule has 1 heterocycles. The number of aromatic amines is 1. The van der Waals surface area contributed by atoms with Crippen LogP contribution in [-0.2, 0) is 10.1 Å². The maximum Gasteiger partial charge on any atom is 1.00 e. The fourth-order valence-electron chi connectivity index (χ4n) is 2.09. The molecule has 122 valence electrons. The Morgan fingerprint density at radius 1 is 1.00 bits per heavy atom. The van der Waals surface area contributed by atoms with Crippen molar-refractivity contribution in [3.8, 4) is 5.75 Å². The van der Waals surface area contributed by atoms with Crippen LogP contribution in [0.25, 0.3) is 10.9 Å². The van der Waals surface area contributed by atoms with Crippen LogP contribution in [0.15, 0.2) is 68.4 Å². The van der Waals surface area contributed by atoms with E-state index in [9.17, 15) is 18.3 Å². The van der Waals surface area contributed by atoms with Crippen molar-refractivity contribution in [3.05, 3.63) is 58.9 Å². The topological polar surface area (TPSA) is 135 Å². The molecule has 0 bridgehead atoms. The van der Waals surface area contributed by atoms with Crippen LogP contribution in [0.1, 0.15) is 0 Å². The Morgan fingerprint density at radius 2 is 1.64 bits per heavy atom. The zero-order valence-corrected chi connectivity index (χ0v) is 15.8. The van der Waals surface area contributed by atoms with Gasteiger partial charge in [-0.25, -0.2) is 0 Å². The van der Waals surface area contributed by atoms with Crippen LogP contribution in [0.5, 0.6) is 5.75 Å². The number of rotatable bonds is 3. The predicted molar refractivity (Wildman–Crippen MR) is 84.4 cm³/mol. The van der Waals surface area contributed by atoms with E-state index in [-0.39, 0.29) is 45.8 Å². The van der Waals surface area contributed by atoms with Crippen LogP contribution < -0.4 is 40.2 Å². The fraction of sp³-hybridized carbons (Fsp3) is 0.